The third-order valence-corrected chi connectivity index (χ3v) is 9.63. The van der Waals surface area contributed by atoms with E-state index in [1.165, 1.54) is 43.2 Å². The van der Waals surface area contributed by atoms with Crippen molar-refractivity contribution in [3.8, 4) is 0 Å². The van der Waals surface area contributed by atoms with Crippen LogP contribution in [0, 0.1) is 5.92 Å². The van der Waals surface area contributed by atoms with E-state index in [1.807, 2.05) is 18.2 Å². The van der Waals surface area contributed by atoms with Crippen LogP contribution in [0.15, 0.2) is 45.6 Å². The Morgan fingerprint density at radius 2 is 1.97 bits per heavy atom. The first-order valence-electron chi connectivity index (χ1n) is 12.5. The molecule has 1 saturated carbocycles. The maximum atomic E-state index is 13.2. The normalized spacial score (nSPS) is 20.1. The number of hydrogen-bond acceptors (Lipinski definition) is 8. The number of rotatable bonds is 11. The third-order valence-electron chi connectivity index (χ3n) is 6.65. The highest BCUT2D eigenvalue weighted by Crippen LogP contribution is 2.35. The molecule has 2 aliphatic rings. The summed E-state index contributed by atoms with van der Waals surface area (Å²) in [6, 6.07) is 10.9. The van der Waals surface area contributed by atoms with E-state index in [-0.39, 0.29) is 4.21 Å². The van der Waals surface area contributed by atoms with Crippen LogP contribution in [0.5, 0.6) is 0 Å². The largest absolute Gasteiger partial charge is 0.474 e. The quantitative estimate of drug-likeness (QED) is 0.381. The van der Waals surface area contributed by atoms with Crippen LogP contribution in [0.1, 0.15) is 69.0 Å². The first-order chi connectivity index (χ1) is 17.3. The number of benzene rings is 1. The minimum atomic E-state index is -3.84. The van der Waals surface area contributed by atoms with Gasteiger partial charge in [0.05, 0.1) is 5.69 Å². The van der Waals surface area contributed by atoms with E-state index in [9.17, 15) is 18.3 Å². The molecule has 0 spiro atoms. The second-order valence-corrected chi connectivity index (χ2v) is 12.4. The lowest BCUT2D eigenvalue weighted by Crippen LogP contribution is -2.29. The lowest BCUT2D eigenvalue weighted by atomic mass is 9.85. The number of thiophene rings is 1. The monoisotopic (exact) mass is 534 g/mol. The maximum Gasteiger partial charge on any atom is 0.393 e. The highest BCUT2D eigenvalue weighted by molar-refractivity contribution is 7.94. The van der Waals surface area contributed by atoms with E-state index in [0.29, 0.717) is 29.7 Å². The molecule has 0 amide bonds. The van der Waals surface area contributed by atoms with Crippen molar-refractivity contribution in [1.29, 1.82) is 0 Å². The van der Waals surface area contributed by atoms with Crippen molar-refractivity contribution in [2.24, 2.45) is 10.9 Å². The summed E-state index contributed by atoms with van der Waals surface area (Å²) in [5, 5.41) is 14.2. The number of sulfonamides is 1. The van der Waals surface area contributed by atoms with Crippen LogP contribution in [0.2, 0.25) is 0 Å². The van der Waals surface area contributed by atoms with Crippen molar-refractivity contribution >= 4 is 38.9 Å². The predicted octanol–water partition coefficient (Wildman–Crippen LogP) is 4.75. The summed E-state index contributed by atoms with van der Waals surface area (Å²) in [5.74, 6) is -0.898. The Morgan fingerprint density at radius 1 is 1.22 bits per heavy atom. The van der Waals surface area contributed by atoms with E-state index < -0.39 is 28.1 Å². The highest BCUT2D eigenvalue weighted by Gasteiger charge is 2.34. The van der Waals surface area contributed by atoms with E-state index >= 15 is 0 Å². The minimum absolute atomic E-state index is 0.126. The van der Waals surface area contributed by atoms with Gasteiger partial charge >= 0.3 is 11.9 Å². The molecule has 2 atom stereocenters. The number of aliphatic imine (C=N–C) groups is 1. The molecule has 1 fully saturated rings. The average molecular weight is 535 g/mol. The summed E-state index contributed by atoms with van der Waals surface area (Å²) in [5.41, 5.74) is 1.42. The number of anilines is 1. The summed E-state index contributed by atoms with van der Waals surface area (Å²) in [6.45, 7) is 4.96. The lowest BCUT2D eigenvalue weighted by Gasteiger charge is -2.25. The van der Waals surface area contributed by atoms with Crippen LogP contribution in [0.25, 0.3) is 0 Å². The zero-order valence-corrected chi connectivity index (χ0v) is 22.3. The van der Waals surface area contributed by atoms with Crippen molar-refractivity contribution < 1.29 is 23.2 Å². The zero-order valence-electron chi connectivity index (χ0n) is 20.6. The average Bonchev–Trinajstić information content (AvgIpc) is 3.52. The standard InChI is InChI=1S/C25H34N4O5S2/c1-3-29-23(27-24(34-29)25(30)31)21-13-14-22(35-21)36(32,33)28-20-12-8-7-11-19(20)16-26-17(2)15-18-9-5-4-6-10-18/h7-8,11-14,17-18,23,26,28H,3-6,9-10,15-16H2,1-2H3,(H,30,31)/t17-,23?/m0/s1. The Kier molecular flexibility index (Phi) is 8.66. The van der Waals surface area contributed by atoms with Crippen molar-refractivity contribution in [1.82, 2.24) is 10.4 Å². The smallest absolute Gasteiger partial charge is 0.393 e. The molecular formula is C25H34N4O5S2. The van der Waals surface area contributed by atoms with Gasteiger partial charge in [0.15, 0.2) is 6.17 Å². The maximum absolute atomic E-state index is 13.2. The van der Waals surface area contributed by atoms with Crippen LogP contribution in [-0.4, -0.2) is 43.0 Å². The fraction of sp³-hybridized carbons (Fsp3) is 0.520. The topological polar surface area (TPSA) is 120 Å². The number of hydrogen-bond donors (Lipinski definition) is 3. The molecule has 0 saturated heterocycles. The molecule has 36 heavy (non-hydrogen) atoms. The number of para-hydroxylation sites is 1. The van der Waals surface area contributed by atoms with Gasteiger partial charge in [-0.1, -0.05) is 50.3 Å². The van der Waals surface area contributed by atoms with E-state index in [1.54, 1.807) is 19.1 Å². The molecular weight excluding hydrogens is 500 g/mol. The molecule has 0 bridgehead atoms. The molecule has 2 aromatic rings. The van der Waals surface area contributed by atoms with Crippen LogP contribution in [-0.2, 0) is 26.2 Å². The summed E-state index contributed by atoms with van der Waals surface area (Å²) in [6.07, 6.45) is 7.04. The highest BCUT2D eigenvalue weighted by atomic mass is 32.2. The lowest BCUT2D eigenvalue weighted by molar-refractivity contribution is -0.136. The molecule has 1 aromatic carbocycles. The Hall–Kier alpha value is -2.47. The molecule has 11 heteroatoms. The van der Waals surface area contributed by atoms with Gasteiger partial charge < -0.3 is 15.3 Å². The zero-order chi connectivity index (χ0) is 25.7. The van der Waals surface area contributed by atoms with Gasteiger partial charge in [-0.25, -0.2) is 18.2 Å². The Morgan fingerprint density at radius 3 is 2.69 bits per heavy atom. The van der Waals surface area contributed by atoms with Gasteiger partial charge in [0.1, 0.15) is 4.21 Å². The number of carboxylic acids is 1. The van der Waals surface area contributed by atoms with Crippen molar-refractivity contribution in [3.05, 3.63) is 46.8 Å². The SMILES string of the molecule is CCN1OC(C(=O)O)=NC1c1ccc(S(=O)(=O)Nc2ccccc2CN[C@@H](C)CC2CCCCC2)s1. The van der Waals surface area contributed by atoms with Crippen LogP contribution < -0.4 is 10.0 Å². The molecule has 196 valence electrons. The predicted molar refractivity (Wildman–Crippen MR) is 140 cm³/mol. The number of aliphatic carboxylic acids is 1. The molecule has 1 aromatic heterocycles. The molecule has 3 N–H and O–H groups in total. The van der Waals surface area contributed by atoms with Gasteiger partial charge in [0.2, 0.25) is 0 Å². The molecule has 1 unspecified atom stereocenters. The van der Waals surface area contributed by atoms with Gasteiger partial charge in [-0.05, 0) is 49.9 Å². The first kappa shape index (κ1) is 26.6. The first-order valence-corrected chi connectivity index (χ1v) is 14.8. The van der Waals surface area contributed by atoms with Gasteiger partial charge in [0.25, 0.3) is 10.0 Å². The van der Waals surface area contributed by atoms with E-state index in [0.717, 1.165) is 29.2 Å². The molecule has 4 rings (SSSR count). The van der Waals surface area contributed by atoms with E-state index in [4.69, 9.17) is 4.84 Å². The minimum Gasteiger partial charge on any atom is -0.474 e. The Labute approximate surface area is 216 Å². The Balaban J connectivity index is 1.43. The fourth-order valence-electron chi connectivity index (χ4n) is 4.77. The third kappa shape index (κ3) is 6.44. The van der Waals surface area contributed by atoms with Crippen LogP contribution >= 0.6 is 11.3 Å². The number of carbonyl (C=O) groups is 1. The van der Waals surface area contributed by atoms with Crippen molar-refractivity contribution in [3.63, 3.8) is 0 Å². The van der Waals surface area contributed by atoms with Crippen LogP contribution in [0.4, 0.5) is 5.69 Å². The number of carboxylic acid groups (broad SMARTS) is 1. The van der Waals surface area contributed by atoms with Gasteiger partial charge in [0, 0.05) is 24.0 Å². The van der Waals surface area contributed by atoms with E-state index in [2.05, 4.69) is 22.0 Å². The molecule has 0 radical (unpaired) electrons. The summed E-state index contributed by atoms with van der Waals surface area (Å²) in [7, 11) is -3.84. The summed E-state index contributed by atoms with van der Waals surface area (Å²) < 4.78 is 29.3. The second-order valence-electron chi connectivity index (χ2n) is 9.38. The number of nitrogens with zero attached hydrogens (tertiary/aromatic N) is 2. The molecule has 2 heterocycles. The second kappa shape index (κ2) is 11.7. The van der Waals surface area contributed by atoms with Gasteiger partial charge in [-0.3, -0.25) is 4.72 Å². The van der Waals surface area contributed by atoms with Gasteiger partial charge in [-0.2, -0.15) is 0 Å². The Bertz CT molecular complexity index is 1190. The molecule has 9 nitrogen and oxygen atoms in total. The number of nitrogens with one attached hydrogen (secondary N) is 2. The van der Waals surface area contributed by atoms with Crippen LogP contribution in [0.3, 0.4) is 0 Å². The van der Waals surface area contributed by atoms with Gasteiger partial charge in [-0.15, -0.1) is 16.4 Å². The molecule has 1 aliphatic heterocycles. The summed E-state index contributed by atoms with van der Waals surface area (Å²) >= 11 is 1.04. The molecule has 1 aliphatic carbocycles. The fourth-order valence-corrected chi connectivity index (χ4v) is 7.24. The van der Waals surface area contributed by atoms with Crippen molar-refractivity contribution in [2.45, 2.75) is 75.3 Å². The number of hydroxylamine groups is 2. The van der Waals surface area contributed by atoms with Crippen molar-refractivity contribution in [2.75, 3.05) is 11.3 Å². The summed E-state index contributed by atoms with van der Waals surface area (Å²) in [4.78, 5) is 21.2.